The molecule has 1 aromatic rings. The molecule has 1 amide bonds. The first-order valence-electron chi connectivity index (χ1n) is 4.89. The largest absolute Gasteiger partial charge is 0.466 e. The van der Waals surface area contributed by atoms with Gasteiger partial charge in [-0.2, -0.15) is 0 Å². The standard InChI is InChI=1S/C12H13NO3S/c1-16-11(14)10(8-17-12(13)15)7-9-5-3-2-4-6-9/h2-7H,8H2,1H3,(H2,13,15)/b10-7+. The molecular formula is C12H13NO3S. The van der Waals surface area contributed by atoms with E-state index in [9.17, 15) is 9.59 Å². The van der Waals surface area contributed by atoms with Crippen LogP contribution in [0.25, 0.3) is 6.08 Å². The van der Waals surface area contributed by atoms with Crippen LogP contribution in [0.15, 0.2) is 35.9 Å². The van der Waals surface area contributed by atoms with Crippen LogP contribution in [0.4, 0.5) is 4.79 Å². The van der Waals surface area contributed by atoms with Gasteiger partial charge in [0.25, 0.3) is 5.24 Å². The third kappa shape index (κ3) is 4.74. The summed E-state index contributed by atoms with van der Waals surface area (Å²) >= 11 is 0.872. The smallest absolute Gasteiger partial charge is 0.334 e. The zero-order valence-corrected chi connectivity index (χ0v) is 10.2. The van der Waals surface area contributed by atoms with Crippen LogP contribution < -0.4 is 5.73 Å². The SMILES string of the molecule is COC(=O)/C(=C/c1ccccc1)CSC(N)=O. The summed E-state index contributed by atoms with van der Waals surface area (Å²) in [7, 11) is 1.30. The Morgan fingerprint density at radius 3 is 2.53 bits per heavy atom. The molecule has 0 aliphatic carbocycles. The van der Waals surface area contributed by atoms with Crippen LogP contribution in [0.1, 0.15) is 5.56 Å². The number of esters is 1. The molecule has 5 heteroatoms. The second-order valence-electron chi connectivity index (χ2n) is 3.18. The topological polar surface area (TPSA) is 69.4 Å². The molecule has 1 aromatic carbocycles. The van der Waals surface area contributed by atoms with E-state index in [-0.39, 0.29) is 5.75 Å². The van der Waals surface area contributed by atoms with Gasteiger partial charge in [0.2, 0.25) is 0 Å². The molecule has 0 saturated heterocycles. The van der Waals surface area contributed by atoms with Crippen LogP contribution in [0.5, 0.6) is 0 Å². The van der Waals surface area contributed by atoms with Crippen molar-refractivity contribution in [1.29, 1.82) is 0 Å². The average Bonchev–Trinajstić information content (AvgIpc) is 2.34. The van der Waals surface area contributed by atoms with Crippen molar-refractivity contribution in [2.75, 3.05) is 12.9 Å². The summed E-state index contributed by atoms with van der Waals surface area (Å²) in [6.45, 7) is 0. The molecule has 2 N–H and O–H groups in total. The first-order valence-corrected chi connectivity index (χ1v) is 5.88. The number of hydrogen-bond acceptors (Lipinski definition) is 4. The fourth-order valence-electron chi connectivity index (χ4n) is 1.19. The number of primary amides is 1. The monoisotopic (exact) mass is 251 g/mol. The van der Waals surface area contributed by atoms with Crippen molar-refractivity contribution in [2.24, 2.45) is 5.73 Å². The lowest BCUT2D eigenvalue weighted by molar-refractivity contribution is -0.135. The van der Waals surface area contributed by atoms with Gasteiger partial charge < -0.3 is 10.5 Å². The molecule has 4 nitrogen and oxygen atoms in total. The Balaban J connectivity index is 2.86. The highest BCUT2D eigenvalue weighted by atomic mass is 32.2. The molecule has 0 radical (unpaired) electrons. The van der Waals surface area contributed by atoms with E-state index < -0.39 is 11.2 Å². The summed E-state index contributed by atoms with van der Waals surface area (Å²) in [5.74, 6) is -0.251. The fraction of sp³-hybridized carbons (Fsp3) is 0.167. The Kier molecular flexibility index (Phi) is 5.29. The molecule has 17 heavy (non-hydrogen) atoms. The number of nitrogens with two attached hydrogens (primary N) is 1. The van der Waals surface area contributed by atoms with Crippen LogP contribution in [-0.4, -0.2) is 24.1 Å². The molecule has 0 aliphatic heterocycles. The quantitative estimate of drug-likeness (QED) is 0.657. The van der Waals surface area contributed by atoms with E-state index in [0.717, 1.165) is 17.3 Å². The molecule has 0 aliphatic rings. The molecule has 0 bridgehead atoms. The Labute approximate surface area is 104 Å². The lowest BCUT2D eigenvalue weighted by atomic mass is 10.1. The van der Waals surface area contributed by atoms with Gasteiger partial charge in [0.15, 0.2) is 0 Å². The molecule has 0 saturated carbocycles. The van der Waals surface area contributed by atoms with Gasteiger partial charge in [0.05, 0.1) is 7.11 Å². The first-order chi connectivity index (χ1) is 8.13. The van der Waals surface area contributed by atoms with E-state index >= 15 is 0 Å². The molecule has 1 rings (SSSR count). The van der Waals surface area contributed by atoms with Gasteiger partial charge in [-0.15, -0.1) is 0 Å². The predicted octanol–water partition coefficient (Wildman–Crippen LogP) is 2.05. The molecule has 0 aromatic heterocycles. The Bertz CT molecular complexity index is 429. The minimum absolute atomic E-state index is 0.205. The van der Waals surface area contributed by atoms with Gasteiger partial charge in [-0.05, 0) is 11.6 Å². The third-order valence-electron chi connectivity index (χ3n) is 1.96. The number of benzene rings is 1. The molecule has 0 atom stereocenters. The van der Waals surface area contributed by atoms with Crippen molar-refractivity contribution < 1.29 is 14.3 Å². The van der Waals surface area contributed by atoms with Gasteiger partial charge in [-0.3, -0.25) is 4.79 Å². The second kappa shape index (κ2) is 6.75. The fourth-order valence-corrected chi connectivity index (χ4v) is 1.69. The van der Waals surface area contributed by atoms with E-state index in [1.165, 1.54) is 7.11 Å². The van der Waals surface area contributed by atoms with Gasteiger partial charge in [0.1, 0.15) is 0 Å². The van der Waals surface area contributed by atoms with Gasteiger partial charge >= 0.3 is 5.97 Å². The molecule has 0 fully saturated rings. The molecule has 0 heterocycles. The van der Waals surface area contributed by atoms with Crippen molar-refractivity contribution in [2.45, 2.75) is 0 Å². The maximum Gasteiger partial charge on any atom is 0.334 e. The minimum atomic E-state index is -0.520. The van der Waals surface area contributed by atoms with Crippen molar-refractivity contribution >= 4 is 29.0 Å². The highest BCUT2D eigenvalue weighted by Gasteiger charge is 2.11. The van der Waals surface area contributed by atoms with Crippen LogP contribution in [-0.2, 0) is 9.53 Å². The normalized spacial score (nSPS) is 11.0. The summed E-state index contributed by atoms with van der Waals surface area (Å²) in [6, 6.07) is 9.33. The average molecular weight is 251 g/mol. The van der Waals surface area contributed by atoms with E-state index in [1.54, 1.807) is 6.08 Å². The molecule has 0 unspecified atom stereocenters. The van der Waals surface area contributed by atoms with E-state index in [2.05, 4.69) is 4.74 Å². The van der Waals surface area contributed by atoms with Crippen molar-refractivity contribution in [3.8, 4) is 0 Å². The predicted molar refractivity (Wildman–Crippen MR) is 68.5 cm³/mol. The number of rotatable bonds is 4. The van der Waals surface area contributed by atoms with Gasteiger partial charge in [0, 0.05) is 11.3 Å². The summed E-state index contributed by atoms with van der Waals surface area (Å²) in [5, 5.41) is -0.520. The molecular weight excluding hydrogens is 238 g/mol. The second-order valence-corrected chi connectivity index (χ2v) is 4.16. The van der Waals surface area contributed by atoms with E-state index in [1.807, 2.05) is 30.3 Å². The molecule has 0 spiro atoms. The number of ether oxygens (including phenoxy) is 1. The van der Waals surface area contributed by atoms with E-state index in [4.69, 9.17) is 5.73 Å². The Hall–Kier alpha value is -1.75. The first kappa shape index (κ1) is 13.3. The highest BCUT2D eigenvalue weighted by molar-refractivity contribution is 8.13. The summed E-state index contributed by atoms with van der Waals surface area (Å²) in [6.07, 6.45) is 1.68. The summed E-state index contributed by atoms with van der Waals surface area (Å²) in [4.78, 5) is 22.1. The maximum atomic E-state index is 11.5. The maximum absolute atomic E-state index is 11.5. The lowest BCUT2D eigenvalue weighted by Crippen LogP contribution is -2.10. The number of thioether (sulfide) groups is 1. The van der Waals surface area contributed by atoms with Gasteiger partial charge in [-0.1, -0.05) is 42.1 Å². The van der Waals surface area contributed by atoms with Crippen LogP contribution >= 0.6 is 11.8 Å². The lowest BCUT2D eigenvalue weighted by Gasteiger charge is -2.03. The summed E-state index contributed by atoms with van der Waals surface area (Å²) in [5.41, 5.74) is 6.30. The number of hydrogen-bond donors (Lipinski definition) is 1. The number of amides is 1. The zero-order valence-electron chi connectivity index (χ0n) is 9.38. The van der Waals surface area contributed by atoms with Crippen molar-refractivity contribution in [3.63, 3.8) is 0 Å². The van der Waals surface area contributed by atoms with Gasteiger partial charge in [-0.25, -0.2) is 4.79 Å². The van der Waals surface area contributed by atoms with Crippen LogP contribution in [0.2, 0.25) is 0 Å². The zero-order chi connectivity index (χ0) is 12.7. The number of carbonyl (C=O) groups excluding carboxylic acids is 2. The minimum Gasteiger partial charge on any atom is -0.466 e. The number of carbonyl (C=O) groups is 2. The summed E-state index contributed by atoms with van der Waals surface area (Å²) < 4.78 is 4.64. The van der Waals surface area contributed by atoms with E-state index in [0.29, 0.717) is 5.57 Å². The Morgan fingerprint density at radius 2 is 2.00 bits per heavy atom. The van der Waals surface area contributed by atoms with Crippen molar-refractivity contribution in [1.82, 2.24) is 0 Å². The number of methoxy groups -OCH3 is 1. The Morgan fingerprint density at radius 1 is 1.35 bits per heavy atom. The van der Waals surface area contributed by atoms with Crippen LogP contribution in [0, 0.1) is 0 Å². The van der Waals surface area contributed by atoms with Crippen molar-refractivity contribution in [3.05, 3.63) is 41.5 Å². The van der Waals surface area contributed by atoms with Crippen LogP contribution in [0.3, 0.4) is 0 Å². The molecule has 90 valence electrons. The highest BCUT2D eigenvalue weighted by Crippen LogP contribution is 2.13. The third-order valence-corrected chi connectivity index (χ3v) is 2.70.